The van der Waals surface area contributed by atoms with Crippen LogP contribution >= 0.6 is 11.6 Å². The molecule has 3 rings (SSSR count). The molecule has 0 bridgehead atoms. The van der Waals surface area contributed by atoms with Gasteiger partial charge in [0.05, 0.1) is 5.56 Å². The van der Waals surface area contributed by atoms with Crippen molar-refractivity contribution < 1.29 is 14.3 Å². The molecule has 1 fully saturated rings. The molecule has 2 aromatic rings. The molecule has 0 spiro atoms. The van der Waals surface area contributed by atoms with E-state index in [0.717, 1.165) is 5.56 Å². The average molecular weight is 335 g/mol. The van der Waals surface area contributed by atoms with Crippen LogP contribution in [0.1, 0.15) is 21.8 Å². The van der Waals surface area contributed by atoms with E-state index in [1.165, 1.54) is 18.2 Å². The first-order valence-corrected chi connectivity index (χ1v) is 7.73. The summed E-state index contributed by atoms with van der Waals surface area (Å²) in [6.45, 7) is 0.781. The summed E-state index contributed by atoms with van der Waals surface area (Å²) in [5.74, 6) is -1.06. The van der Waals surface area contributed by atoms with Crippen LogP contribution in [0.15, 0.2) is 42.7 Å². The van der Waals surface area contributed by atoms with Crippen molar-refractivity contribution in [2.24, 2.45) is 5.92 Å². The molecule has 0 aliphatic carbocycles. The van der Waals surface area contributed by atoms with Gasteiger partial charge in [-0.1, -0.05) is 11.6 Å². The van der Waals surface area contributed by atoms with Crippen LogP contribution in [0.5, 0.6) is 0 Å². The van der Waals surface area contributed by atoms with E-state index in [0.29, 0.717) is 18.1 Å². The van der Waals surface area contributed by atoms with Crippen molar-refractivity contribution in [3.05, 3.63) is 64.7 Å². The van der Waals surface area contributed by atoms with Crippen molar-refractivity contribution in [2.75, 3.05) is 19.7 Å². The molecule has 0 saturated carbocycles. The molecule has 23 heavy (non-hydrogen) atoms. The Morgan fingerprint density at radius 1 is 1.30 bits per heavy atom. The van der Waals surface area contributed by atoms with Gasteiger partial charge in [-0.2, -0.15) is 0 Å². The fourth-order valence-corrected chi connectivity index (χ4v) is 3.21. The van der Waals surface area contributed by atoms with Gasteiger partial charge in [-0.25, -0.2) is 4.39 Å². The second-order valence-corrected chi connectivity index (χ2v) is 6.10. The molecule has 1 saturated heterocycles. The summed E-state index contributed by atoms with van der Waals surface area (Å²) in [4.78, 5) is 18.1. The molecule has 6 heteroatoms. The highest BCUT2D eigenvalue weighted by atomic mass is 35.5. The molecule has 2 atom stereocenters. The maximum atomic E-state index is 13.9. The number of likely N-dealkylation sites (tertiary alicyclic amines) is 1. The molecule has 0 unspecified atom stereocenters. The fourth-order valence-electron chi connectivity index (χ4n) is 3.04. The van der Waals surface area contributed by atoms with E-state index in [9.17, 15) is 14.3 Å². The summed E-state index contributed by atoms with van der Waals surface area (Å²) < 4.78 is 13.9. The van der Waals surface area contributed by atoms with E-state index in [4.69, 9.17) is 11.6 Å². The van der Waals surface area contributed by atoms with Crippen LogP contribution in [0.3, 0.4) is 0 Å². The number of hydrogen-bond donors (Lipinski definition) is 1. The lowest BCUT2D eigenvalue weighted by Gasteiger charge is -2.17. The zero-order chi connectivity index (χ0) is 16.4. The van der Waals surface area contributed by atoms with Gasteiger partial charge in [-0.05, 0) is 35.9 Å². The third-order valence-electron chi connectivity index (χ3n) is 4.26. The molecule has 0 radical (unpaired) electrons. The number of aromatic nitrogens is 1. The Bertz CT molecular complexity index is 711. The molecule has 4 nitrogen and oxygen atoms in total. The predicted octanol–water partition coefficient (Wildman–Crippen LogP) is 2.72. The summed E-state index contributed by atoms with van der Waals surface area (Å²) in [7, 11) is 0. The zero-order valence-electron chi connectivity index (χ0n) is 12.3. The van der Waals surface area contributed by atoms with Crippen molar-refractivity contribution in [3.63, 3.8) is 0 Å². The predicted molar refractivity (Wildman–Crippen MR) is 84.9 cm³/mol. The summed E-state index contributed by atoms with van der Waals surface area (Å²) in [6, 6.07) is 7.69. The lowest BCUT2D eigenvalue weighted by atomic mass is 9.90. The standard InChI is InChI=1S/C17H16ClFN2O2/c18-13-1-2-16(19)14(7-13)17(23)21-8-12(10-22)15(9-21)11-3-5-20-6-4-11/h1-7,12,15,22H,8-10H2/t12-,15-/m0/s1. The van der Waals surface area contributed by atoms with Crippen LogP contribution in [0.25, 0.3) is 0 Å². The van der Waals surface area contributed by atoms with Gasteiger partial charge >= 0.3 is 0 Å². The van der Waals surface area contributed by atoms with E-state index in [2.05, 4.69) is 4.98 Å². The largest absolute Gasteiger partial charge is 0.396 e. The first-order chi connectivity index (χ1) is 11.1. The number of carbonyl (C=O) groups excluding carboxylic acids is 1. The maximum Gasteiger partial charge on any atom is 0.256 e. The number of nitrogens with zero attached hydrogens (tertiary/aromatic N) is 2. The van der Waals surface area contributed by atoms with Crippen molar-refractivity contribution in [1.82, 2.24) is 9.88 Å². The second-order valence-electron chi connectivity index (χ2n) is 5.66. The highest BCUT2D eigenvalue weighted by molar-refractivity contribution is 6.31. The highest BCUT2D eigenvalue weighted by Gasteiger charge is 2.36. The summed E-state index contributed by atoms with van der Waals surface area (Å²) >= 11 is 5.86. The zero-order valence-corrected chi connectivity index (χ0v) is 13.1. The monoisotopic (exact) mass is 334 g/mol. The number of carbonyl (C=O) groups is 1. The number of halogens is 2. The molecular weight excluding hydrogens is 319 g/mol. The van der Waals surface area contributed by atoms with E-state index in [-0.39, 0.29) is 24.0 Å². The number of aliphatic hydroxyl groups is 1. The number of aliphatic hydroxyl groups excluding tert-OH is 1. The Morgan fingerprint density at radius 3 is 2.74 bits per heavy atom. The van der Waals surface area contributed by atoms with Gasteiger partial charge in [0.1, 0.15) is 5.82 Å². The summed E-state index contributed by atoms with van der Waals surface area (Å²) in [6.07, 6.45) is 3.37. The number of benzene rings is 1. The summed E-state index contributed by atoms with van der Waals surface area (Å²) in [5.41, 5.74) is 0.977. The number of amides is 1. The van der Waals surface area contributed by atoms with Gasteiger partial charge in [0.2, 0.25) is 0 Å². The maximum absolute atomic E-state index is 13.9. The molecule has 1 aliphatic rings. The molecular formula is C17H16ClFN2O2. The van der Waals surface area contributed by atoms with Crippen LogP contribution in [0, 0.1) is 11.7 Å². The van der Waals surface area contributed by atoms with Gasteiger partial charge < -0.3 is 10.0 Å². The third-order valence-corrected chi connectivity index (χ3v) is 4.49. The van der Waals surface area contributed by atoms with Crippen molar-refractivity contribution in [1.29, 1.82) is 0 Å². The Morgan fingerprint density at radius 2 is 2.04 bits per heavy atom. The fraction of sp³-hybridized carbons (Fsp3) is 0.294. The Balaban J connectivity index is 1.84. The minimum absolute atomic E-state index is 0.00851. The number of pyridine rings is 1. The number of hydrogen-bond acceptors (Lipinski definition) is 3. The van der Waals surface area contributed by atoms with Gasteiger partial charge in [-0.15, -0.1) is 0 Å². The lowest BCUT2D eigenvalue weighted by Crippen LogP contribution is -2.30. The molecule has 1 aliphatic heterocycles. The molecule has 1 aromatic heterocycles. The van der Waals surface area contributed by atoms with Gasteiger partial charge in [0.15, 0.2) is 0 Å². The molecule has 1 N–H and O–H groups in total. The van der Waals surface area contributed by atoms with Crippen molar-refractivity contribution >= 4 is 17.5 Å². The highest BCUT2D eigenvalue weighted by Crippen LogP contribution is 2.33. The van der Waals surface area contributed by atoms with Gasteiger partial charge in [0, 0.05) is 48.9 Å². The minimum Gasteiger partial charge on any atom is -0.396 e. The number of rotatable bonds is 3. The van der Waals surface area contributed by atoms with Crippen LogP contribution in [0.4, 0.5) is 4.39 Å². The van der Waals surface area contributed by atoms with Crippen LogP contribution in [0.2, 0.25) is 5.02 Å². The quantitative estimate of drug-likeness (QED) is 0.939. The molecule has 120 valence electrons. The van der Waals surface area contributed by atoms with Crippen LogP contribution in [-0.4, -0.2) is 40.6 Å². The third kappa shape index (κ3) is 3.21. The van der Waals surface area contributed by atoms with Crippen molar-refractivity contribution in [3.8, 4) is 0 Å². The van der Waals surface area contributed by atoms with Crippen LogP contribution in [-0.2, 0) is 0 Å². The second kappa shape index (κ2) is 6.64. The van der Waals surface area contributed by atoms with Crippen LogP contribution < -0.4 is 0 Å². The van der Waals surface area contributed by atoms with E-state index in [1.807, 2.05) is 12.1 Å². The Labute approximate surface area is 138 Å². The average Bonchev–Trinajstić information content (AvgIpc) is 3.01. The van der Waals surface area contributed by atoms with Gasteiger partial charge in [-0.3, -0.25) is 9.78 Å². The Hall–Kier alpha value is -1.98. The molecule has 1 aromatic carbocycles. The lowest BCUT2D eigenvalue weighted by molar-refractivity contribution is 0.0776. The summed E-state index contributed by atoms with van der Waals surface area (Å²) in [5, 5.41) is 9.94. The van der Waals surface area contributed by atoms with E-state index < -0.39 is 11.7 Å². The molecule has 2 heterocycles. The van der Waals surface area contributed by atoms with Crippen molar-refractivity contribution in [2.45, 2.75) is 5.92 Å². The normalized spacial score (nSPS) is 20.7. The SMILES string of the molecule is O=C(c1cc(Cl)ccc1F)N1C[C@@H](CO)[C@H](c2ccncc2)C1. The Kier molecular flexibility index (Phi) is 4.59. The topological polar surface area (TPSA) is 53.4 Å². The molecule has 1 amide bonds. The van der Waals surface area contributed by atoms with Gasteiger partial charge in [0.25, 0.3) is 5.91 Å². The first-order valence-electron chi connectivity index (χ1n) is 7.35. The van der Waals surface area contributed by atoms with E-state index >= 15 is 0 Å². The first kappa shape index (κ1) is 15.9. The van der Waals surface area contributed by atoms with E-state index in [1.54, 1.807) is 17.3 Å². The minimum atomic E-state index is -0.590. The smallest absolute Gasteiger partial charge is 0.256 e.